The maximum atomic E-state index is 11.1. The molecule has 3 heteroatoms. The van der Waals surface area contributed by atoms with Gasteiger partial charge in [0, 0.05) is 11.5 Å². The molecule has 0 aliphatic carbocycles. The molecule has 3 nitrogen and oxygen atoms in total. The first-order chi connectivity index (χ1) is 6.43. The molecule has 0 amide bonds. The van der Waals surface area contributed by atoms with Crippen molar-refractivity contribution in [3.8, 4) is 11.5 Å². The highest BCUT2D eigenvalue weighted by Crippen LogP contribution is 2.31. The fraction of sp³-hybridized carbons (Fsp3) is 0.364. The van der Waals surface area contributed by atoms with Crippen LogP contribution in [-0.2, 0) is 4.79 Å². The Labute approximate surface area is 83.0 Å². The molecule has 0 aliphatic heterocycles. The quantitative estimate of drug-likeness (QED) is 0.758. The largest absolute Gasteiger partial charge is 0.508 e. The Morgan fingerprint density at radius 3 is 2.07 bits per heavy atom. The first-order valence-corrected chi connectivity index (χ1v) is 4.46. The zero-order valence-electron chi connectivity index (χ0n) is 8.53. The van der Waals surface area contributed by atoms with Crippen molar-refractivity contribution in [2.75, 3.05) is 0 Å². The van der Waals surface area contributed by atoms with E-state index < -0.39 is 0 Å². The fourth-order valence-corrected chi connectivity index (χ4v) is 1.19. The standard InChI is InChI=1S/C11H14O3/c1-6(8(3)12)9-4-10(13)7(2)11(14)5-9/h4-6,13-14H,1-3H3. The highest BCUT2D eigenvalue weighted by Gasteiger charge is 2.14. The second kappa shape index (κ2) is 3.70. The molecular formula is C11H14O3. The number of hydrogen-bond donors (Lipinski definition) is 2. The Kier molecular flexibility index (Phi) is 2.79. The molecule has 0 saturated carbocycles. The zero-order valence-corrected chi connectivity index (χ0v) is 8.53. The molecule has 2 N–H and O–H groups in total. The van der Waals surface area contributed by atoms with Crippen LogP contribution in [0.4, 0.5) is 0 Å². The van der Waals surface area contributed by atoms with Gasteiger partial charge in [0.05, 0.1) is 0 Å². The Bertz CT molecular complexity index is 346. The van der Waals surface area contributed by atoms with Crippen LogP contribution in [0.2, 0.25) is 0 Å². The second-order valence-corrected chi connectivity index (χ2v) is 3.52. The molecule has 0 fully saturated rings. The molecule has 1 aromatic rings. The summed E-state index contributed by atoms with van der Waals surface area (Å²) < 4.78 is 0. The molecule has 0 spiro atoms. The lowest BCUT2D eigenvalue weighted by molar-refractivity contribution is -0.118. The number of carbonyl (C=O) groups excluding carboxylic acids is 1. The molecule has 1 rings (SSSR count). The van der Waals surface area contributed by atoms with Gasteiger partial charge in [-0.1, -0.05) is 6.92 Å². The molecule has 1 aromatic carbocycles. The van der Waals surface area contributed by atoms with Crippen molar-refractivity contribution in [3.63, 3.8) is 0 Å². The highest BCUT2D eigenvalue weighted by atomic mass is 16.3. The van der Waals surface area contributed by atoms with Crippen LogP contribution in [0.1, 0.15) is 30.9 Å². The Hall–Kier alpha value is -1.51. The molecule has 0 aromatic heterocycles. The minimum absolute atomic E-state index is 0.00709. The van der Waals surface area contributed by atoms with Crippen LogP contribution in [0, 0.1) is 6.92 Å². The molecule has 1 unspecified atom stereocenters. The van der Waals surface area contributed by atoms with Gasteiger partial charge in [0.2, 0.25) is 0 Å². The van der Waals surface area contributed by atoms with Gasteiger partial charge < -0.3 is 10.2 Å². The molecule has 14 heavy (non-hydrogen) atoms. The van der Waals surface area contributed by atoms with E-state index in [4.69, 9.17) is 0 Å². The van der Waals surface area contributed by atoms with Gasteiger partial charge in [-0.3, -0.25) is 4.79 Å². The van der Waals surface area contributed by atoms with E-state index in [0.717, 1.165) is 0 Å². The van der Waals surface area contributed by atoms with Crippen molar-refractivity contribution in [2.45, 2.75) is 26.7 Å². The predicted octanol–water partition coefficient (Wildman–Crippen LogP) is 2.10. The molecule has 0 aliphatic rings. The molecule has 76 valence electrons. The van der Waals surface area contributed by atoms with Crippen molar-refractivity contribution in [1.82, 2.24) is 0 Å². The van der Waals surface area contributed by atoms with E-state index in [1.54, 1.807) is 13.8 Å². The van der Waals surface area contributed by atoms with E-state index in [1.165, 1.54) is 19.1 Å². The third kappa shape index (κ3) is 1.87. The van der Waals surface area contributed by atoms with Crippen LogP contribution in [0.15, 0.2) is 12.1 Å². The molecular weight excluding hydrogens is 180 g/mol. The summed E-state index contributed by atoms with van der Waals surface area (Å²) in [5.41, 5.74) is 1.07. The van der Waals surface area contributed by atoms with Crippen molar-refractivity contribution < 1.29 is 15.0 Å². The fourth-order valence-electron chi connectivity index (χ4n) is 1.19. The second-order valence-electron chi connectivity index (χ2n) is 3.52. The average Bonchev–Trinajstić information content (AvgIpc) is 2.12. The summed E-state index contributed by atoms with van der Waals surface area (Å²) in [5, 5.41) is 18.9. The molecule has 0 radical (unpaired) electrons. The summed E-state index contributed by atoms with van der Waals surface area (Å²) >= 11 is 0. The lowest BCUT2D eigenvalue weighted by Crippen LogP contribution is -2.04. The van der Waals surface area contributed by atoms with Crippen LogP contribution < -0.4 is 0 Å². The van der Waals surface area contributed by atoms with Crippen molar-refractivity contribution in [3.05, 3.63) is 23.3 Å². The van der Waals surface area contributed by atoms with E-state index in [1.807, 2.05) is 0 Å². The van der Waals surface area contributed by atoms with Crippen molar-refractivity contribution in [2.24, 2.45) is 0 Å². The normalized spacial score (nSPS) is 12.5. The van der Waals surface area contributed by atoms with Gasteiger partial charge in [-0.15, -0.1) is 0 Å². The number of phenols is 2. The summed E-state index contributed by atoms with van der Waals surface area (Å²) in [4.78, 5) is 11.1. The van der Waals surface area contributed by atoms with E-state index in [-0.39, 0.29) is 23.2 Å². The number of carbonyl (C=O) groups is 1. The number of ketones is 1. The van der Waals surface area contributed by atoms with Crippen LogP contribution in [0.5, 0.6) is 11.5 Å². The molecule has 0 heterocycles. The number of hydrogen-bond acceptors (Lipinski definition) is 3. The van der Waals surface area contributed by atoms with E-state index in [9.17, 15) is 15.0 Å². The molecule has 1 atom stereocenters. The predicted molar refractivity (Wildman–Crippen MR) is 53.6 cm³/mol. The smallest absolute Gasteiger partial charge is 0.136 e. The van der Waals surface area contributed by atoms with Crippen LogP contribution >= 0.6 is 0 Å². The minimum atomic E-state index is -0.299. The van der Waals surface area contributed by atoms with Gasteiger partial charge in [0.25, 0.3) is 0 Å². The van der Waals surface area contributed by atoms with E-state index in [0.29, 0.717) is 11.1 Å². The first kappa shape index (κ1) is 10.6. The Morgan fingerprint density at radius 2 is 1.71 bits per heavy atom. The third-order valence-electron chi connectivity index (χ3n) is 2.48. The Morgan fingerprint density at radius 1 is 1.29 bits per heavy atom. The van der Waals surface area contributed by atoms with Gasteiger partial charge in [-0.25, -0.2) is 0 Å². The van der Waals surface area contributed by atoms with Crippen LogP contribution in [0.25, 0.3) is 0 Å². The number of benzene rings is 1. The minimum Gasteiger partial charge on any atom is -0.508 e. The van der Waals surface area contributed by atoms with Gasteiger partial charge in [-0.05, 0) is 31.5 Å². The number of phenolic OH excluding ortho intramolecular Hbond substituents is 2. The molecule has 0 saturated heterocycles. The average molecular weight is 194 g/mol. The first-order valence-electron chi connectivity index (χ1n) is 4.46. The SMILES string of the molecule is CC(=O)C(C)c1cc(O)c(C)c(O)c1. The van der Waals surface area contributed by atoms with Crippen molar-refractivity contribution in [1.29, 1.82) is 0 Å². The maximum absolute atomic E-state index is 11.1. The third-order valence-corrected chi connectivity index (χ3v) is 2.48. The number of aromatic hydroxyl groups is 2. The summed E-state index contributed by atoms with van der Waals surface area (Å²) in [6.45, 7) is 4.84. The van der Waals surface area contributed by atoms with Gasteiger partial charge in [0.15, 0.2) is 0 Å². The molecule has 0 bridgehead atoms. The Balaban J connectivity index is 3.19. The lowest BCUT2D eigenvalue weighted by Gasteiger charge is -2.10. The summed E-state index contributed by atoms with van der Waals surface area (Å²) in [5.74, 6) is -0.249. The topological polar surface area (TPSA) is 57.5 Å². The number of Topliss-reactive ketones (excluding diaryl/α,β-unsaturated/α-hetero) is 1. The van der Waals surface area contributed by atoms with Crippen molar-refractivity contribution >= 4 is 5.78 Å². The monoisotopic (exact) mass is 194 g/mol. The van der Waals surface area contributed by atoms with Gasteiger partial charge >= 0.3 is 0 Å². The number of rotatable bonds is 2. The zero-order chi connectivity index (χ0) is 10.9. The van der Waals surface area contributed by atoms with Gasteiger partial charge in [-0.2, -0.15) is 0 Å². The lowest BCUT2D eigenvalue weighted by atomic mass is 9.96. The van der Waals surface area contributed by atoms with Crippen LogP contribution in [0.3, 0.4) is 0 Å². The summed E-state index contributed by atoms with van der Waals surface area (Å²) in [7, 11) is 0. The summed E-state index contributed by atoms with van der Waals surface area (Å²) in [6.07, 6.45) is 0. The van der Waals surface area contributed by atoms with E-state index in [2.05, 4.69) is 0 Å². The maximum Gasteiger partial charge on any atom is 0.136 e. The van der Waals surface area contributed by atoms with Crippen LogP contribution in [-0.4, -0.2) is 16.0 Å². The van der Waals surface area contributed by atoms with E-state index >= 15 is 0 Å². The van der Waals surface area contributed by atoms with Gasteiger partial charge in [0.1, 0.15) is 17.3 Å². The highest BCUT2D eigenvalue weighted by molar-refractivity contribution is 5.83. The summed E-state index contributed by atoms with van der Waals surface area (Å²) in [6, 6.07) is 3.03.